The number of fused-ring (bicyclic) bond motifs is 3. The van der Waals surface area contributed by atoms with Gasteiger partial charge in [-0.1, -0.05) is 41.6 Å². The number of benzene rings is 2. The number of rotatable bonds is 0. The van der Waals surface area contributed by atoms with E-state index in [-0.39, 0.29) is 11.5 Å². The van der Waals surface area contributed by atoms with Gasteiger partial charge in [-0.15, -0.1) is 0 Å². The lowest BCUT2D eigenvalue weighted by molar-refractivity contribution is 0.105. The minimum atomic E-state index is -0.153. The van der Waals surface area contributed by atoms with Gasteiger partial charge in [-0.3, -0.25) is 4.79 Å². The SMILES string of the molecule is O=C1/C(=N\O)CCc2c1ccc1ccccc21. The molecule has 0 radical (unpaired) electrons. The average molecular weight is 225 g/mol. The van der Waals surface area contributed by atoms with Crippen LogP contribution in [0.3, 0.4) is 0 Å². The number of Topliss-reactive ketones (excluding diaryl/α,β-unsaturated/α-hetero) is 1. The number of hydrogen-bond acceptors (Lipinski definition) is 3. The molecule has 0 heterocycles. The zero-order chi connectivity index (χ0) is 11.8. The summed E-state index contributed by atoms with van der Waals surface area (Å²) in [5.41, 5.74) is 2.00. The van der Waals surface area contributed by atoms with Crippen molar-refractivity contribution in [3.8, 4) is 0 Å². The van der Waals surface area contributed by atoms with Crippen LogP contribution in [0.25, 0.3) is 10.8 Å². The Labute approximate surface area is 98.4 Å². The zero-order valence-electron chi connectivity index (χ0n) is 9.18. The van der Waals surface area contributed by atoms with Crippen LogP contribution in [0.1, 0.15) is 22.3 Å². The molecule has 0 aliphatic heterocycles. The molecule has 1 N–H and O–H groups in total. The second kappa shape index (κ2) is 3.70. The van der Waals surface area contributed by atoms with Crippen molar-refractivity contribution < 1.29 is 10.0 Å². The van der Waals surface area contributed by atoms with E-state index < -0.39 is 0 Å². The molecular weight excluding hydrogens is 214 g/mol. The van der Waals surface area contributed by atoms with E-state index in [1.54, 1.807) is 0 Å². The van der Waals surface area contributed by atoms with E-state index in [4.69, 9.17) is 5.21 Å². The summed E-state index contributed by atoms with van der Waals surface area (Å²) in [6, 6.07) is 11.8. The smallest absolute Gasteiger partial charge is 0.210 e. The highest BCUT2D eigenvalue weighted by Gasteiger charge is 2.24. The van der Waals surface area contributed by atoms with Crippen molar-refractivity contribution in [2.24, 2.45) is 5.16 Å². The Hall–Kier alpha value is -2.16. The lowest BCUT2D eigenvalue weighted by Crippen LogP contribution is -2.22. The Morgan fingerprint density at radius 1 is 1.06 bits per heavy atom. The van der Waals surface area contributed by atoms with Crippen molar-refractivity contribution in [3.05, 3.63) is 47.5 Å². The molecule has 0 fully saturated rings. The van der Waals surface area contributed by atoms with Crippen LogP contribution in [0.5, 0.6) is 0 Å². The largest absolute Gasteiger partial charge is 0.411 e. The van der Waals surface area contributed by atoms with E-state index >= 15 is 0 Å². The molecule has 2 aromatic carbocycles. The van der Waals surface area contributed by atoms with E-state index in [0.29, 0.717) is 12.0 Å². The number of nitrogens with zero attached hydrogens (tertiary/aromatic N) is 1. The summed E-state index contributed by atoms with van der Waals surface area (Å²) in [5, 5.41) is 14.1. The van der Waals surface area contributed by atoms with Crippen molar-refractivity contribution >= 4 is 22.3 Å². The van der Waals surface area contributed by atoms with E-state index in [2.05, 4.69) is 5.16 Å². The predicted octanol–water partition coefficient (Wildman–Crippen LogP) is 2.80. The third-order valence-electron chi connectivity index (χ3n) is 3.28. The fourth-order valence-corrected chi connectivity index (χ4v) is 2.43. The van der Waals surface area contributed by atoms with Crippen molar-refractivity contribution in [2.75, 3.05) is 0 Å². The minimum Gasteiger partial charge on any atom is -0.411 e. The van der Waals surface area contributed by atoms with Gasteiger partial charge >= 0.3 is 0 Å². The lowest BCUT2D eigenvalue weighted by atomic mass is 9.86. The monoisotopic (exact) mass is 225 g/mol. The first kappa shape index (κ1) is 10.0. The summed E-state index contributed by atoms with van der Waals surface area (Å²) in [6.07, 6.45) is 1.26. The van der Waals surface area contributed by atoms with Crippen LogP contribution < -0.4 is 0 Å². The maximum absolute atomic E-state index is 12.0. The van der Waals surface area contributed by atoms with E-state index in [1.807, 2.05) is 36.4 Å². The van der Waals surface area contributed by atoms with Gasteiger partial charge in [-0.05, 0) is 22.8 Å². The molecule has 17 heavy (non-hydrogen) atoms. The molecule has 1 aliphatic carbocycles. The molecule has 84 valence electrons. The predicted molar refractivity (Wildman–Crippen MR) is 65.8 cm³/mol. The summed E-state index contributed by atoms with van der Waals surface area (Å²) in [5.74, 6) is -0.153. The minimum absolute atomic E-state index is 0.153. The first-order valence-corrected chi connectivity index (χ1v) is 5.57. The van der Waals surface area contributed by atoms with Crippen molar-refractivity contribution in [1.29, 1.82) is 0 Å². The Bertz CT molecular complexity index is 644. The Morgan fingerprint density at radius 3 is 2.71 bits per heavy atom. The van der Waals surface area contributed by atoms with Gasteiger partial charge in [-0.25, -0.2) is 0 Å². The van der Waals surface area contributed by atoms with Crippen LogP contribution in [0, 0.1) is 0 Å². The maximum atomic E-state index is 12.0. The normalized spacial score (nSPS) is 17.4. The number of carbonyl (C=O) groups is 1. The van der Waals surface area contributed by atoms with Crippen molar-refractivity contribution in [3.63, 3.8) is 0 Å². The number of ketones is 1. The number of carbonyl (C=O) groups excluding carboxylic acids is 1. The van der Waals surface area contributed by atoms with Gasteiger partial charge in [0.15, 0.2) is 0 Å². The molecular formula is C14H11NO2. The summed E-state index contributed by atoms with van der Waals surface area (Å²) in [6.45, 7) is 0. The molecule has 0 saturated heterocycles. The van der Waals surface area contributed by atoms with Gasteiger partial charge in [0.1, 0.15) is 5.71 Å². The van der Waals surface area contributed by atoms with Crippen molar-refractivity contribution in [1.82, 2.24) is 0 Å². The zero-order valence-corrected chi connectivity index (χ0v) is 9.18. The summed E-state index contributed by atoms with van der Waals surface area (Å²) in [7, 11) is 0. The fourth-order valence-electron chi connectivity index (χ4n) is 2.43. The second-order valence-electron chi connectivity index (χ2n) is 4.19. The molecule has 3 nitrogen and oxygen atoms in total. The topological polar surface area (TPSA) is 49.7 Å². The standard InChI is InChI=1S/C14H11NO2/c16-14-12-6-5-9-3-1-2-4-10(9)11(12)7-8-13(14)15-17/h1-6,17H,7-8H2/b15-13-. The van der Waals surface area contributed by atoms with E-state index in [9.17, 15) is 4.79 Å². The molecule has 0 amide bonds. The van der Waals surface area contributed by atoms with Gasteiger partial charge in [0, 0.05) is 12.0 Å². The molecule has 0 spiro atoms. The molecule has 0 aromatic heterocycles. The third kappa shape index (κ3) is 1.43. The maximum Gasteiger partial charge on any atom is 0.210 e. The number of hydrogen-bond donors (Lipinski definition) is 1. The number of aryl methyl sites for hydroxylation is 1. The van der Waals surface area contributed by atoms with Crippen LogP contribution in [-0.2, 0) is 6.42 Å². The average Bonchev–Trinajstić information content (AvgIpc) is 2.39. The van der Waals surface area contributed by atoms with Gasteiger partial charge in [0.05, 0.1) is 0 Å². The van der Waals surface area contributed by atoms with Crippen LogP contribution in [0.4, 0.5) is 0 Å². The van der Waals surface area contributed by atoms with Gasteiger partial charge < -0.3 is 5.21 Å². The Morgan fingerprint density at radius 2 is 1.88 bits per heavy atom. The van der Waals surface area contributed by atoms with E-state index in [1.165, 1.54) is 0 Å². The van der Waals surface area contributed by atoms with Gasteiger partial charge in [-0.2, -0.15) is 0 Å². The number of oxime groups is 1. The second-order valence-corrected chi connectivity index (χ2v) is 4.19. The molecule has 2 aromatic rings. The van der Waals surface area contributed by atoms with Crippen LogP contribution in [0.15, 0.2) is 41.6 Å². The van der Waals surface area contributed by atoms with Gasteiger partial charge in [0.25, 0.3) is 0 Å². The molecule has 1 aliphatic rings. The highest BCUT2D eigenvalue weighted by Crippen LogP contribution is 2.28. The van der Waals surface area contributed by atoms with Gasteiger partial charge in [0.2, 0.25) is 5.78 Å². The molecule has 3 rings (SSSR count). The van der Waals surface area contributed by atoms with Crippen LogP contribution in [0.2, 0.25) is 0 Å². The highest BCUT2D eigenvalue weighted by molar-refractivity contribution is 6.47. The fraction of sp³-hybridized carbons (Fsp3) is 0.143. The molecule has 0 saturated carbocycles. The highest BCUT2D eigenvalue weighted by atomic mass is 16.4. The summed E-state index contributed by atoms with van der Waals surface area (Å²) in [4.78, 5) is 12.0. The molecule has 0 unspecified atom stereocenters. The van der Waals surface area contributed by atoms with E-state index in [0.717, 1.165) is 22.8 Å². The quantitative estimate of drug-likeness (QED) is 0.553. The van der Waals surface area contributed by atoms with Crippen LogP contribution in [-0.4, -0.2) is 16.7 Å². The lowest BCUT2D eigenvalue weighted by Gasteiger charge is -2.17. The molecule has 3 heteroatoms. The Kier molecular flexibility index (Phi) is 2.18. The first-order valence-electron chi connectivity index (χ1n) is 5.57. The Balaban J connectivity index is 2.30. The summed E-state index contributed by atoms with van der Waals surface area (Å²) < 4.78 is 0. The van der Waals surface area contributed by atoms with Crippen molar-refractivity contribution in [2.45, 2.75) is 12.8 Å². The molecule has 0 atom stereocenters. The third-order valence-corrected chi connectivity index (χ3v) is 3.28. The molecule has 0 bridgehead atoms. The summed E-state index contributed by atoms with van der Waals surface area (Å²) >= 11 is 0. The first-order chi connectivity index (χ1) is 8.31. The van der Waals surface area contributed by atoms with Crippen LogP contribution >= 0.6 is 0 Å².